The van der Waals surface area contributed by atoms with Gasteiger partial charge in [-0.25, -0.2) is 0 Å². The van der Waals surface area contributed by atoms with Crippen LogP contribution in [-0.4, -0.2) is 32.0 Å². The Hall–Kier alpha value is -1.31. The molecule has 0 atom stereocenters. The Balaban J connectivity index is 0.00000529. The van der Waals surface area contributed by atoms with Crippen LogP contribution in [0.3, 0.4) is 0 Å². The first-order valence-corrected chi connectivity index (χ1v) is 8.38. The third kappa shape index (κ3) is 9.10. The molecule has 0 aliphatic carbocycles. The molecule has 1 rings (SSSR count). The van der Waals surface area contributed by atoms with Crippen molar-refractivity contribution in [2.24, 2.45) is 10.9 Å². The molecular formula is C18H31IN4O. The number of carbonyl (C=O) groups is 1. The van der Waals surface area contributed by atoms with Crippen molar-refractivity contribution in [1.29, 1.82) is 0 Å². The number of rotatable bonds is 8. The van der Waals surface area contributed by atoms with Crippen LogP contribution in [0.1, 0.15) is 49.5 Å². The minimum atomic E-state index is -0.0365. The molecule has 6 heteroatoms. The molecule has 0 aliphatic heterocycles. The van der Waals surface area contributed by atoms with Gasteiger partial charge in [-0.2, -0.15) is 0 Å². The minimum absolute atomic E-state index is 0. The van der Waals surface area contributed by atoms with Crippen molar-refractivity contribution in [3.05, 3.63) is 35.4 Å². The van der Waals surface area contributed by atoms with Crippen LogP contribution < -0.4 is 16.0 Å². The molecular weight excluding hydrogens is 415 g/mol. The Morgan fingerprint density at radius 1 is 1.21 bits per heavy atom. The van der Waals surface area contributed by atoms with Gasteiger partial charge in [-0.3, -0.25) is 9.79 Å². The quantitative estimate of drug-likeness (QED) is 0.249. The predicted octanol–water partition coefficient (Wildman–Crippen LogP) is 3.16. The highest BCUT2D eigenvalue weighted by Gasteiger charge is 2.05. The van der Waals surface area contributed by atoms with Crippen molar-refractivity contribution in [2.75, 3.05) is 20.1 Å². The molecule has 5 nitrogen and oxygen atoms in total. The van der Waals surface area contributed by atoms with E-state index in [1.807, 2.05) is 31.2 Å². The number of carbonyl (C=O) groups excluding carboxylic acids is 1. The van der Waals surface area contributed by atoms with Crippen molar-refractivity contribution in [2.45, 2.75) is 40.2 Å². The number of hydrogen-bond acceptors (Lipinski definition) is 2. The van der Waals surface area contributed by atoms with E-state index in [-0.39, 0.29) is 29.9 Å². The first kappa shape index (κ1) is 22.7. The first-order valence-electron chi connectivity index (χ1n) is 8.38. The van der Waals surface area contributed by atoms with E-state index in [1.165, 1.54) is 6.42 Å². The second kappa shape index (κ2) is 13.0. The van der Waals surface area contributed by atoms with Crippen LogP contribution in [0.4, 0.5) is 0 Å². The molecule has 0 aromatic heterocycles. The van der Waals surface area contributed by atoms with Gasteiger partial charge in [-0.1, -0.05) is 26.0 Å². The van der Waals surface area contributed by atoms with Crippen molar-refractivity contribution in [3.8, 4) is 0 Å². The first-order chi connectivity index (χ1) is 11.1. The number of aliphatic imine (C=N–C) groups is 1. The van der Waals surface area contributed by atoms with Crippen LogP contribution in [-0.2, 0) is 6.54 Å². The summed E-state index contributed by atoms with van der Waals surface area (Å²) in [6.45, 7) is 8.56. The molecule has 136 valence electrons. The Morgan fingerprint density at radius 3 is 2.58 bits per heavy atom. The summed E-state index contributed by atoms with van der Waals surface area (Å²) in [7, 11) is 1.77. The molecule has 0 saturated heterocycles. The van der Waals surface area contributed by atoms with Gasteiger partial charge in [0, 0.05) is 32.2 Å². The zero-order valence-electron chi connectivity index (χ0n) is 15.2. The maximum atomic E-state index is 11.9. The van der Waals surface area contributed by atoms with E-state index >= 15 is 0 Å². The standard InChI is InChI=1S/C18H30N4O.HI/c1-5-20-17(23)16-10-6-9-15(12-16)13-22-18(19-4)21-11-7-8-14(2)3;/h6,9-10,12,14H,5,7-8,11,13H2,1-4H3,(H,20,23)(H2,19,21,22);1H. The number of nitrogens with zero attached hydrogens (tertiary/aromatic N) is 1. The molecule has 24 heavy (non-hydrogen) atoms. The third-order valence-corrected chi connectivity index (χ3v) is 3.46. The van der Waals surface area contributed by atoms with Crippen LogP contribution in [0.5, 0.6) is 0 Å². The number of halogens is 1. The number of amides is 1. The van der Waals surface area contributed by atoms with E-state index in [1.54, 1.807) is 7.05 Å². The number of nitrogens with one attached hydrogen (secondary N) is 3. The molecule has 0 saturated carbocycles. The average molecular weight is 446 g/mol. The van der Waals surface area contributed by atoms with Gasteiger partial charge in [0.05, 0.1) is 0 Å². The van der Waals surface area contributed by atoms with Crippen LogP contribution in [0, 0.1) is 5.92 Å². The molecule has 1 aromatic rings. The van der Waals surface area contributed by atoms with Crippen molar-refractivity contribution < 1.29 is 4.79 Å². The SMILES string of the molecule is CCNC(=O)c1cccc(CNC(=NC)NCCCC(C)C)c1.I. The fraction of sp³-hybridized carbons (Fsp3) is 0.556. The van der Waals surface area contributed by atoms with Gasteiger partial charge in [0.15, 0.2) is 5.96 Å². The highest BCUT2D eigenvalue weighted by atomic mass is 127. The topological polar surface area (TPSA) is 65.5 Å². The molecule has 0 bridgehead atoms. The lowest BCUT2D eigenvalue weighted by molar-refractivity contribution is 0.0955. The molecule has 0 radical (unpaired) electrons. The third-order valence-electron chi connectivity index (χ3n) is 3.46. The van der Waals surface area contributed by atoms with Gasteiger partial charge < -0.3 is 16.0 Å². The van der Waals surface area contributed by atoms with Crippen molar-refractivity contribution in [3.63, 3.8) is 0 Å². The van der Waals surface area contributed by atoms with Gasteiger partial charge in [0.2, 0.25) is 0 Å². The van der Waals surface area contributed by atoms with E-state index in [9.17, 15) is 4.79 Å². The van der Waals surface area contributed by atoms with Crippen LogP contribution in [0.15, 0.2) is 29.3 Å². The zero-order chi connectivity index (χ0) is 17.1. The minimum Gasteiger partial charge on any atom is -0.356 e. The van der Waals surface area contributed by atoms with E-state index in [0.29, 0.717) is 18.7 Å². The lowest BCUT2D eigenvalue weighted by Crippen LogP contribution is -2.37. The number of hydrogen-bond donors (Lipinski definition) is 3. The molecule has 0 heterocycles. The summed E-state index contributed by atoms with van der Waals surface area (Å²) in [5.74, 6) is 1.48. The molecule has 1 amide bonds. The Morgan fingerprint density at radius 2 is 1.96 bits per heavy atom. The zero-order valence-corrected chi connectivity index (χ0v) is 17.5. The van der Waals surface area contributed by atoms with Gasteiger partial charge in [0.25, 0.3) is 5.91 Å². The average Bonchev–Trinajstić information content (AvgIpc) is 2.54. The molecule has 0 aliphatic rings. The van der Waals surface area contributed by atoms with E-state index in [2.05, 4.69) is 34.8 Å². The van der Waals surface area contributed by atoms with E-state index < -0.39 is 0 Å². The predicted molar refractivity (Wildman–Crippen MR) is 112 cm³/mol. The monoisotopic (exact) mass is 446 g/mol. The fourth-order valence-electron chi connectivity index (χ4n) is 2.21. The summed E-state index contributed by atoms with van der Waals surface area (Å²) in [6.07, 6.45) is 2.34. The summed E-state index contributed by atoms with van der Waals surface area (Å²) in [6, 6.07) is 7.64. The maximum Gasteiger partial charge on any atom is 0.251 e. The van der Waals surface area contributed by atoms with Crippen molar-refractivity contribution >= 4 is 35.8 Å². The summed E-state index contributed by atoms with van der Waals surface area (Å²) in [5, 5.41) is 9.40. The summed E-state index contributed by atoms with van der Waals surface area (Å²) >= 11 is 0. The molecule has 1 aromatic carbocycles. The second-order valence-electron chi connectivity index (χ2n) is 5.95. The summed E-state index contributed by atoms with van der Waals surface area (Å²) < 4.78 is 0. The lowest BCUT2D eigenvalue weighted by atomic mass is 10.1. The molecule has 3 N–H and O–H groups in total. The second-order valence-corrected chi connectivity index (χ2v) is 5.95. The molecule has 0 spiro atoms. The fourth-order valence-corrected chi connectivity index (χ4v) is 2.21. The van der Waals surface area contributed by atoms with Gasteiger partial charge in [-0.15, -0.1) is 24.0 Å². The lowest BCUT2D eigenvalue weighted by Gasteiger charge is -2.13. The van der Waals surface area contributed by atoms with Crippen LogP contribution >= 0.6 is 24.0 Å². The highest BCUT2D eigenvalue weighted by molar-refractivity contribution is 14.0. The highest BCUT2D eigenvalue weighted by Crippen LogP contribution is 2.05. The van der Waals surface area contributed by atoms with E-state index in [0.717, 1.165) is 30.4 Å². The van der Waals surface area contributed by atoms with Gasteiger partial charge >= 0.3 is 0 Å². The van der Waals surface area contributed by atoms with Crippen LogP contribution in [0.25, 0.3) is 0 Å². The molecule has 0 unspecified atom stereocenters. The summed E-state index contributed by atoms with van der Waals surface area (Å²) in [5.41, 5.74) is 1.74. The maximum absolute atomic E-state index is 11.9. The molecule has 0 fully saturated rings. The van der Waals surface area contributed by atoms with E-state index in [4.69, 9.17) is 0 Å². The van der Waals surface area contributed by atoms with Gasteiger partial charge in [-0.05, 0) is 43.4 Å². The van der Waals surface area contributed by atoms with Crippen molar-refractivity contribution in [1.82, 2.24) is 16.0 Å². The van der Waals surface area contributed by atoms with Gasteiger partial charge in [0.1, 0.15) is 0 Å². The Kier molecular flexibility index (Phi) is 12.3. The normalized spacial score (nSPS) is 11.0. The Bertz CT molecular complexity index is 517. The smallest absolute Gasteiger partial charge is 0.251 e. The van der Waals surface area contributed by atoms with Crippen LogP contribution in [0.2, 0.25) is 0 Å². The number of guanidine groups is 1. The number of benzene rings is 1. The Labute approximate surface area is 163 Å². The largest absolute Gasteiger partial charge is 0.356 e. The summed E-state index contributed by atoms with van der Waals surface area (Å²) in [4.78, 5) is 16.1.